The molecule has 2 unspecified atom stereocenters. The van der Waals surface area contributed by atoms with Crippen LogP contribution in [0.1, 0.15) is 26.7 Å². The number of carboxylic acid groups (broad SMARTS) is 1. The summed E-state index contributed by atoms with van der Waals surface area (Å²) in [5.74, 6) is -0.785. The van der Waals surface area contributed by atoms with E-state index >= 15 is 0 Å². The second-order valence-corrected chi connectivity index (χ2v) is 3.85. The minimum atomic E-state index is -0.836. The molecule has 0 aliphatic rings. The predicted octanol–water partition coefficient (Wildman–Crippen LogP) is 0.430. The topological polar surface area (TPSA) is 78.8 Å². The molecule has 0 saturated carbocycles. The van der Waals surface area contributed by atoms with Gasteiger partial charge in [-0.25, -0.2) is 0 Å². The van der Waals surface area contributed by atoms with Crippen molar-refractivity contribution in [1.29, 1.82) is 0 Å². The maximum absolute atomic E-state index is 10.8. The molecule has 0 rings (SSSR count). The molecule has 3 N–H and O–H groups in total. The van der Waals surface area contributed by atoms with Crippen LogP contribution in [0, 0.1) is 5.92 Å². The lowest BCUT2D eigenvalue weighted by molar-refractivity contribution is -0.140. The van der Waals surface area contributed by atoms with Crippen LogP contribution in [0.4, 0.5) is 0 Å². The van der Waals surface area contributed by atoms with Crippen LogP contribution in [0.2, 0.25) is 0 Å². The van der Waals surface area contributed by atoms with Crippen LogP contribution in [-0.2, 0) is 9.53 Å². The molecule has 0 amide bonds. The molecule has 0 heterocycles. The third kappa shape index (κ3) is 6.43. The number of rotatable bonds is 8. The molecule has 5 nitrogen and oxygen atoms in total. The van der Waals surface area contributed by atoms with E-state index < -0.39 is 18.3 Å². The van der Waals surface area contributed by atoms with Gasteiger partial charge in [-0.05, 0) is 25.3 Å². The number of hydrogen-bond donors (Lipinski definition) is 3. The van der Waals surface area contributed by atoms with Crippen molar-refractivity contribution >= 4 is 5.97 Å². The van der Waals surface area contributed by atoms with E-state index in [-0.39, 0.29) is 5.92 Å². The van der Waals surface area contributed by atoms with E-state index in [1.807, 2.05) is 13.8 Å². The Balaban J connectivity index is 3.68. The number of ether oxygens (including phenoxy) is 1. The number of aliphatic hydroxyl groups excluding tert-OH is 1. The van der Waals surface area contributed by atoms with E-state index in [2.05, 4.69) is 10.1 Å². The van der Waals surface area contributed by atoms with E-state index in [0.29, 0.717) is 19.4 Å². The van der Waals surface area contributed by atoms with E-state index in [9.17, 15) is 4.79 Å². The standard InChI is InChI=1S/C10H21NO4/c1-7(2)9(10(13)14)11-6-4-5-8(12)15-3/h7-9,11-12H,4-6H2,1-3H3,(H,13,14). The van der Waals surface area contributed by atoms with E-state index in [0.717, 1.165) is 0 Å². The number of carboxylic acids is 1. The van der Waals surface area contributed by atoms with Gasteiger partial charge in [-0.15, -0.1) is 0 Å². The highest BCUT2D eigenvalue weighted by Gasteiger charge is 2.19. The lowest BCUT2D eigenvalue weighted by Gasteiger charge is -2.18. The number of aliphatic carboxylic acids is 1. The molecular weight excluding hydrogens is 198 g/mol. The highest BCUT2D eigenvalue weighted by molar-refractivity contribution is 5.73. The predicted molar refractivity (Wildman–Crippen MR) is 56.5 cm³/mol. The summed E-state index contributed by atoms with van der Waals surface area (Å²) in [6, 6.07) is -0.523. The van der Waals surface area contributed by atoms with E-state index in [4.69, 9.17) is 10.2 Å². The number of nitrogens with one attached hydrogen (secondary N) is 1. The number of hydrogen-bond acceptors (Lipinski definition) is 4. The molecule has 0 aromatic heterocycles. The molecule has 0 spiro atoms. The van der Waals surface area contributed by atoms with Gasteiger partial charge >= 0.3 is 5.97 Å². The van der Waals surface area contributed by atoms with Crippen molar-refractivity contribution in [3.63, 3.8) is 0 Å². The van der Waals surface area contributed by atoms with Crippen LogP contribution in [-0.4, -0.2) is 42.2 Å². The first-order valence-corrected chi connectivity index (χ1v) is 5.16. The van der Waals surface area contributed by atoms with Crippen molar-refractivity contribution in [1.82, 2.24) is 5.32 Å². The fourth-order valence-corrected chi connectivity index (χ4v) is 1.26. The molecule has 0 aromatic carbocycles. The molecule has 0 aromatic rings. The van der Waals surface area contributed by atoms with Crippen molar-refractivity contribution in [2.45, 2.75) is 39.0 Å². The van der Waals surface area contributed by atoms with Crippen LogP contribution in [0.15, 0.2) is 0 Å². The molecular formula is C10H21NO4. The molecule has 2 atom stereocenters. The zero-order valence-electron chi connectivity index (χ0n) is 9.56. The molecule has 0 saturated heterocycles. The van der Waals surface area contributed by atoms with Crippen LogP contribution >= 0.6 is 0 Å². The average molecular weight is 219 g/mol. The summed E-state index contributed by atoms with van der Waals surface area (Å²) in [7, 11) is 1.44. The first-order chi connectivity index (χ1) is 6.99. The Morgan fingerprint density at radius 2 is 2.07 bits per heavy atom. The molecule has 0 fully saturated rings. The van der Waals surface area contributed by atoms with Gasteiger partial charge in [-0.3, -0.25) is 4.79 Å². The van der Waals surface area contributed by atoms with Crippen molar-refractivity contribution in [2.75, 3.05) is 13.7 Å². The molecule has 0 aliphatic carbocycles. The Bertz CT molecular complexity index is 184. The molecule has 0 aliphatic heterocycles. The van der Waals surface area contributed by atoms with Gasteiger partial charge in [-0.2, -0.15) is 0 Å². The lowest BCUT2D eigenvalue weighted by atomic mass is 10.0. The molecule has 0 radical (unpaired) electrons. The fourth-order valence-electron chi connectivity index (χ4n) is 1.26. The smallest absolute Gasteiger partial charge is 0.320 e. The molecule has 90 valence electrons. The average Bonchev–Trinajstić information content (AvgIpc) is 2.15. The fraction of sp³-hybridized carbons (Fsp3) is 0.900. The first kappa shape index (κ1) is 14.3. The van der Waals surface area contributed by atoms with Crippen LogP contribution in [0.5, 0.6) is 0 Å². The number of carbonyl (C=O) groups is 1. The summed E-state index contributed by atoms with van der Waals surface area (Å²) in [5, 5.41) is 20.9. The van der Waals surface area contributed by atoms with Gasteiger partial charge in [0.2, 0.25) is 0 Å². The summed E-state index contributed by atoms with van der Waals surface area (Å²) >= 11 is 0. The summed E-state index contributed by atoms with van der Waals surface area (Å²) in [6.45, 7) is 4.28. The van der Waals surface area contributed by atoms with Gasteiger partial charge in [0.15, 0.2) is 6.29 Å². The normalized spacial score (nSPS) is 15.3. The second kappa shape index (κ2) is 7.62. The summed E-state index contributed by atoms with van der Waals surface area (Å²) in [5.41, 5.74) is 0. The van der Waals surface area contributed by atoms with Gasteiger partial charge in [0.25, 0.3) is 0 Å². The van der Waals surface area contributed by atoms with Gasteiger partial charge in [0, 0.05) is 7.11 Å². The summed E-state index contributed by atoms with van der Waals surface area (Å²) < 4.78 is 4.66. The lowest BCUT2D eigenvalue weighted by Crippen LogP contribution is -2.41. The molecule has 15 heavy (non-hydrogen) atoms. The SMILES string of the molecule is COC(O)CCCNC(C(=O)O)C(C)C. The Labute approximate surface area is 90.4 Å². The highest BCUT2D eigenvalue weighted by Crippen LogP contribution is 2.02. The van der Waals surface area contributed by atoms with Crippen molar-refractivity contribution < 1.29 is 19.7 Å². The minimum Gasteiger partial charge on any atom is -0.480 e. The van der Waals surface area contributed by atoms with Crippen molar-refractivity contribution in [3.05, 3.63) is 0 Å². The van der Waals surface area contributed by atoms with E-state index in [1.165, 1.54) is 7.11 Å². The highest BCUT2D eigenvalue weighted by atomic mass is 16.6. The monoisotopic (exact) mass is 219 g/mol. The summed E-state index contributed by atoms with van der Waals surface area (Å²) in [6.07, 6.45) is 0.438. The van der Waals surface area contributed by atoms with Gasteiger partial charge in [0.05, 0.1) is 0 Å². The Kier molecular flexibility index (Phi) is 7.29. The van der Waals surface area contributed by atoms with Gasteiger partial charge < -0.3 is 20.3 Å². The third-order valence-electron chi connectivity index (χ3n) is 2.20. The maximum Gasteiger partial charge on any atom is 0.320 e. The molecule has 0 bridgehead atoms. The number of methoxy groups -OCH3 is 1. The van der Waals surface area contributed by atoms with Crippen molar-refractivity contribution in [2.24, 2.45) is 5.92 Å². The van der Waals surface area contributed by atoms with Gasteiger partial charge in [-0.1, -0.05) is 13.8 Å². The van der Waals surface area contributed by atoms with Crippen LogP contribution < -0.4 is 5.32 Å². The number of aliphatic hydroxyl groups is 1. The zero-order chi connectivity index (χ0) is 11.8. The van der Waals surface area contributed by atoms with E-state index in [1.54, 1.807) is 0 Å². The third-order valence-corrected chi connectivity index (χ3v) is 2.20. The largest absolute Gasteiger partial charge is 0.480 e. The van der Waals surface area contributed by atoms with Crippen LogP contribution in [0.25, 0.3) is 0 Å². The Morgan fingerprint density at radius 1 is 1.47 bits per heavy atom. The first-order valence-electron chi connectivity index (χ1n) is 5.16. The van der Waals surface area contributed by atoms with Crippen molar-refractivity contribution in [3.8, 4) is 0 Å². The van der Waals surface area contributed by atoms with Gasteiger partial charge in [0.1, 0.15) is 6.04 Å². The molecule has 5 heteroatoms. The minimum absolute atomic E-state index is 0.0508. The zero-order valence-corrected chi connectivity index (χ0v) is 9.56. The Morgan fingerprint density at radius 3 is 2.47 bits per heavy atom. The summed E-state index contributed by atoms with van der Waals surface area (Å²) in [4.78, 5) is 10.8. The quantitative estimate of drug-likeness (QED) is 0.407. The maximum atomic E-state index is 10.8. The van der Waals surface area contributed by atoms with Crippen LogP contribution in [0.3, 0.4) is 0 Å². The Hall–Kier alpha value is -0.650. The second-order valence-electron chi connectivity index (χ2n) is 3.85.